The molecule has 2 heterocycles. The summed E-state index contributed by atoms with van der Waals surface area (Å²) in [6.07, 6.45) is -2.81. The molecule has 0 unspecified atom stereocenters. The number of nitrogens with zero attached hydrogens (tertiary/aromatic N) is 4. The molecule has 178 valence electrons. The number of carbonyl (C=O) groups is 1. The lowest BCUT2D eigenvalue weighted by molar-refractivity contribution is -0.137. The maximum Gasteiger partial charge on any atom is 0.416 e. The van der Waals surface area contributed by atoms with Gasteiger partial charge in [0.05, 0.1) is 12.1 Å². The van der Waals surface area contributed by atoms with E-state index in [-0.39, 0.29) is 12.1 Å². The van der Waals surface area contributed by atoms with E-state index in [0.29, 0.717) is 5.69 Å². The molecule has 1 saturated heterocycles. The SMILES string of the molecule is CN1CCN(c2ccc(CN(C(=O)c3ccc(C(F)(F)F)cc3)c3ccc(F)cc3)cn2)CC1. The second-order valence-electron chi connectivity index (χ2n) is 8.26. The van der Waals surface area contributed by atoms with Crippen LogP contribution < -0.4 is 9.80 Å². The Morgan fingerprint density at radius 3 is 2.15 bits per heavy atom. The van der Waals surface area contributed by atoms with Crippen molar-refractivity contribution in [2.75, 3.05) is 43.0 Å². The maximum atomic E-state index is 13.5. The number of likely N-dealkylation sites (N-methyl/N-ethyl adjacent to an activating group) is 1. The Kier molecular flexibility index (Phi) is 6.83. The van der Waals surface area contributed by atoms with Crippen LogP contribution in [0.3, 0.4) is 0 Å². The topological polar surface area (TPSA) is 39.7 Å². The summed E-state index contributed by atoms with van der Waals surface area (Å²) in [5, 5.41) is 0. The van der Waals surface area contributed by atoms with Gasteiger partial charge in [-0.3, -0.25) is 4.79 Å². The summed E-state index contributed by atoms with van der Waals surface area (Å²) in [5.41, 5.74) is 0.428. The van der Waals surface area contributed by atoms with Crippen LogP contribution in [0.5, 0.6) is 0 Å². The minimum absolute atomic E-state index is 0.0966. The highest BCUT2D eigenvalue weighted by Gasteiger charge is 2.30. The standard InChI is InChI=1S/C25H24F4N4O/c1-31-12-14-32(15-13-31)23-11-2-18(16-30-23)17-33(22-9-7-21(26)8-10-22)24(34)19-3-5-20(6-4-19)25(27,28)29/h2-11,16H,12-15,17H2,1H3. The second-order valence-corrected chi connectivity index (χ2v) is 8.26. The molecule has 5 nitrogen and oxygen atoms in total. The van der Waals surface area contributed by atoms with E-state index in [0.717, 1.165) is 61.8 Å². The number of benzene rings is 2. The predicted molar refractivity (Wildman–Crippen MR) is 122 cm³/mol. The molecule has 4 rings (SSSR count). The number of hydrogen-bond acceptors (Lipinski definition) is 4. The Bertz CT molecular complexity index is 1110. The molecule has 2 aromatic carbocycles. The molecular formula is C25H24F4N4O. The summed E-state index contributed by atoms with van der Waals surface area (Å²) in [4.78, 5) is 23.6. The summed E-state index contributed by atoms with van der Waals surface area (Å²) >= 11 is 0. The Morgan fingerprint density at radius 2 is 1.59 bits per heavy atom. The van der Waals surface area contributed by atoms with Gasteiger partial charge < -0.3 is 14.7 Å². The zero-order valence-corrected chi connectivity index (χ0v) is 18.6. The summed E-state index contributed by atoms with van der Waals surface area (Å²) in [6, 6.07) is 13.2. The number of rotatable bonds is 5. The number of hydrogen-bond donors (Lipinski definition) is 0. The van der Waals surface area contributed by atoms with Crippen molar-refractivity contribution >= 4 is 17.4 Å². The van der Waals surface area contributed by atoms with Gasteiger partial charge in [-0.05, 0) is 67.2 Å². The molecule has 1 fully saturated rings. The first-order valence-electron chi connectivity index (χ1n) is 10.8. The molecule has 9 heteroatoms. The summed E-state index contributed by atoms with van der Waals surface area (Å²) < 4.78 is 52.2. The van der Waals surface area contributed by atoms with E-state index in [1.165, 1.54) is 29.2 Å². The average molecular weight is 472 g/mol. The van der Waals surface area contributed by atoms with Crippen molar-refractivity contribution in [3.63, 3.8) is 0 Å². The van der Waals surface area contributed by atoms with Gasteiger partial charge in [-0.1, -0.05) is 6.07 Å². The van der Waals surface area contributed by atoms with Crippen LogP contribution in [0.15, 0.2) is 66.9 Å². The van der Waals surface area contributed by atoms with Crippen molar-refractivity contribution in [2.24, 2.45) is 0 Å². The molecule has 0 bridgehead atoms. The Hall–Kier alpha value is -3.46. The summed E-state index contributed by atoms with van der Waals surface area (Å²) in [6.45, 7) is 3.77. The smallest absolute Gasteiger partial charge is 0.354 e. The highest BCUT2D eigenvalue weighted by molar-refractivity contribution is 6.06. The monoisotopic (exact) mass is 472 g/mol. The number of alkyl halides is 3. The third kappa shape index (κ3) is 5.53. The first-order valence-corrected chi connectivity index (χ1v) is 10.8. The molecule has 1 aliphatic heterocycles. The number of carbonyl (C=O) groups excluding carboxylic acids is 1. The molecule has 1 aliphatic rings. The van der Waals surface area contributed by atoms with Gasteiger partial charge in [0.25, 0.3) is 5.91 Å². The number of amides is 1. The number of anilines is 2. The van der Waals surface area contributed by atoms with Crippen molar-refractivity contribution < 1.29 is 22.4 Å². The van der Waals surface area contributed by atoms with Crippen LogP contribution in [0, 0.1) is 5.82 Å². The number of pyridine rings is 1. The first kappa shape index (κ1) is 23.7. The van der Waals surface area contributed by atoms with Gasteiger partial charge in [0.2, 0.25) is 0 Å². The Labute approximate surface area is 195 Å². The lowest BCUT2D eigenvalue weighted by Crippen LogP contribution is -2.44. The first-order chi connectivity index (χ1) is 16.2. The normalized spacial score (nSPS) is 14.8. The highest BCUT2D eigenvalue weighted by Crippen LogP contribution is 2.30. The number of aromatic nitrogens is 1. The van der Waals surface area contributed by atoms with Crippen LogP contribution in [0.4, 0.5) is 29.1 Å². The Balaban J connectivity index is 1.57. The van der Waals surface area contributed by atoms with Crippen LogP contribution in [0.2, 0.25) is 0 Å². The van der Waals surface area contributed by atoms with Crippen LogP contribution in [-0.4, -0.2) is 49.0 Å². The summed E-state index contributed by atoms with van der Waals surface area (Å²) in [7, 11) is 2.07. The molecule has 1 amide bonds. The highest BCUT2D eigenvalue weighted by atomic mass is 19.4. The minimum Gasteiger partial charge on any atom is -0.354 e. The molecule has 0 aliphatic carbocycles. The number of halogens is 4. The van der Waals surface area contributed by atoms with Crippen molar-refractivity contribution in [3.8, 4) is 0 Å². The van der Waals surface area contributed by atoms with E-state index < -0.39 is 23.5 Å². The maximum absolute atomic E-state index is 13.5. The fourth-order valence-corrected chi connectivity index (χ4v) is 3.77. The fourth-order valence-electron chi connectivity index (χ4n) is 3.77. The van der Waals surface area contributed by atoms with Crippen LogP contribution in [0.1, 0.15) is 21.5 Å². The zero-order chi connectivity index (χ0) is 24.3. The average Bonchev–Trinajstić information content (AvgIpc) is 2.83. The zero-order valence-electron chi connectivity index (χ0n) is 18.6. The van der Waals surface area contributed by atoms with Gasteiger partial charge in [-0.25, -0.2) is 9.37 Å². The fraction of sp³-hybridized carbons (Fsp3) is 0.280. The van der Waals surface area contributed by atoms with E-state index >= 15 is 0 Å². The molecule has 0 spiro atoms. The van der Waals surface area contributed by atoms with Gasteiger partial charge in [0, 0.05) is 43.6 Å². The van der Waals surface area contributed by atoms with Crippen molar-refractivity contribution in [2.45, 2.75) is 12.7 Å². The van der Waals surface area contributed by atoms with E-state index in [9.17, 15) is 22.4 Å². The lowest BCUT2D eigenvalue weighted by atomic mass is 10.1. The molecule has 3 aromatic rings. The van der Waals surface area contributed by atoms with Crippen LogP contribution in [-0.2, 0) is 12.7 Å². The molecular weight excluding hydrogens is 448 g/mol. The van der Waals surface area contributed by atoms with Gasteiger partial charge in [0.1, 0.15) is 11.6 Å². The Morgan fingerprint density at radius 1 is 0.941 bits per heavy atom. The molecule has 0 radical (unpaired) electrons. The second kappa shape index (κ2) is 9.80. The van der Waals surface area contributed by atoms with Crippen molar-refractivity contribution in [1.29, 1.82) is 0 Å². The quantitative estimate of drug-likeness (QED) is 0.499. The van der Waals surface area contributed by atoms with Crippen LogP contribution in [0.25, 0.3) is 0 Å². The van der Waals surface area contributed by atoms with Gasteiger partial charge in [0.15, 0.2) is 0 Å². The lowest BCUT2D eigenvalue weighted by Gasteiger charge is -2.33. The van der Waals surface area contributed by atoms with Crippen molar-refractivity contribution in [1.82, 2.24) is 9.88 Å². The van der Waals surface area contributed by atoms with E-state index in [4.69, 9.17) is 0 Å². The van der Waals surface area contributed by atoms with Crippen molar-refractivity contribution in [3.05, 3.63) is 89.4 Å². The predicted octanol–water partition coefficient (Wildman–Crippen LogP) is 4.84. The molecule has 34 heavy (non-hydrogen) atoms. The molecule has 0 N–H and O–H groups in total. The van der Waals surface area contributed by atoms with Gasteiger partial charge in [-0.2, -0.15) is 13.2 Å². The van der Waals surface area contributed by atoms with E-state index in [1.54, 1.807) is 6.20 Å². The van der Waals surface area contributed by atoms with Gasteiger partial charge >= 0.3 is 6.18 Å². The summed E-state index contributed by atoms with van der Waals surface area (Å²) in [5.74, 6) is -0.105. The van der Waals surface area contributed by atoms with Gasteiger partial charge in [-0.15, -0.1) is 0 Å². The molecule has 0 saturated carbocycles. The molecule has 1 aromatic heterocycles. The third-order valence-corrected chi connectivity index (χ3v) is 5.82. The largest absolute Gasteiger partial charge is 0.416 e. The van der Waals surface area contributed by atoms with E-state index in [2.05, 4.69) is 21.8 Å². The number of piperazine rings is 1. The molecule has 0 atom stereocenters. The van der Waals surface area contributed by atoms with E-state index in [1.807, 2.05) is 12.1 Å². The van der Waals surface area contributed by atoms with Crippen LogP contribution >= 0.6 is 0 Å². The third-order valence-electron chi connectivity index (χ3n) is 5.82. The minimum atomic E-state index is -4.49.